The van der Waals surface area contributed by atoms with E-state index < -0.39 is 53.4 Å². The predicted molar refractivity (Wildman–Crippen MR) is 71.3 cm³/mol. The molecule has 0 aromatic heterocycles. The summed E-state index contributed by atoms with van der Waals surface area (Å²) < 4.78 is 112. The smallest absolute Gasteiger partial charge is 0.362 e. The summed E-state index contributed by atoms with van der Waals surface area (Å²) in [5, 5.41) is 3.51. The highest BCUT2D eigenvalue weighted by Crippen LogP contribution is 2.37. The molecule has 0 bridgehead atoms. The molecule has 0 saturated heterocycles. The van der Waals surface area contributed by atoms with Crippen molar-refractivity contribution in [2.24, 2.45) is 0 Å². The molecule has 0 amide bonds. The fourth-order valence-corrected chi connectivity index (χ4v) is 1.74. The minimum Gasteiger partial charge on any atom is -0.362 e. The molecule has 0 fully saturated rings. The first-order chi connectivity index (χ1) is 10.7. The third-order valence-corrected chi connectivity index (χ3v) is 2.79. The van der Waals surface area contributed by atoms with Crippen molar-refractivity contribution >= 4 is 23.0 Å². The van der Waals surface area contributed by atoms with Crippen LogP contribution in [0.25, 0.3) is 0 Å². The van der Waals surface area contributed by atoms with Crippen LogP contribution in [0.15, 0.2) is 18.2 Å². The fourth-order valence-electron chi connectivity index (χ4n) is 1.52. The van der Waals surface area contributed by atoms with E-state index in [1.54, 1.807) is 0 Å². The van der Waals surface area contributed by atoms with Crippen LogP contribution in [-0.4, -0.2) is 17.8 Å². The number of anilines is 1. The number of halogens is 9. The van der Waals surface area contributed by atoms with Crippen molar-refractivity contribution < 1.29 is 39.5 Å². The fraction of sp³-hybridized carbons (Fsp3) is 0.417. The molecule has 1 aromatic carbocycles. The lowest BCUT2D eigenvalue weighted by Crippen LogP contribution is -2.31. The van der Waals surface area contributed by atoms with Gasteiger partial charge in [-0.3, -0.25) is 0 Å². The van der Waals surface area contributed by atoms with Crippen molar-refractivity contribution in [1.82, 2.24) is 5.32 Å². The second-order valence-corrected chi connectivity index (χ2v) is 4.95. The zero-order valence-electron chi connectivity index (χ0n) is 11.5. The van der Waals surface area contributed by atoms with Crippen LogP contribution in [0.2, 0.25) is 0 Å². The van der Waals surface area contributed by atoms with E-state index in [1.807, 2.05) is 10.6 Å². The summed E-state index contributed by atoms with van der Waals surface area (Å²) >= 11 is 4.55. The third-order valence-electron chi connectivity index (χ3n) is 2.54. The average Bonchev–Trinajstić information content (AvgIpc) is 2.34. The molecule has 0 aliphatic carbocycles. The Labute approximate surface area is 135 Å². The summed E-state index contributed by atoms with van der Waals surface area (Å²) in [5.74, 6) is 0. The molecule has 2 nitrogen and oxygen atoms in total. The van der Waals surface area contributed by atoms with Gasteiger partial charge in [0.1, 0.15) is 0 Å². The number of benzene rings is 1. The summed E-state index contributed by atoms with van der Waals surface area (Å²) in [6, 6.07) is 0.658. The molecule has 1 aromatic rings. The summed E-state index contributed by atoms with van der Waals surface area (Å²) in [5.41, 5.74) is -3.79. The number of thiocarbonyl (C=S) groups is 1. The van der Waals surface area contributed by atoms with Gasteiger partial charge in [0.2, 0.25) is 0 Å². The Morgan fingerprint density at radius 2 is 1.29 bits per heavy atom. The Hall–Kier alpha value is -1.72. The van der Waals surface area contributed by atoms with Crippen LogP contribution < -0.4 is 10.6 Å². The standard InChI is InChI=1S/C12H9F9N2S/c13-10(14,15)1-2-22-9(24)23-8-4-6(11(16,17)18)3-7(5-8)12(19,20)21/h3-5H,1-2H2,(H2,22,23,24). The predicted octanol–water partition coefficient (Wildman–Crippen LogP) is 4.96. The van der Waals surface area contributed by atoms with Gasteiger partial charge in [0.25, 0.3) is 0 Å². The first kappa shape index (κ1) is 20.3. The number of nitrogens with one attached hydrogen (secondary N) is 2. The molecule has 0 aliphatic rings. The Balaban J connectivity index is 2.92. The van der Waals surface area contributed by atoms with Gasteiger partial charge < -0.3 is 10.6 Å². The van der Waals surface area contributed by atoms with Crippen LogP contribution in [0.5, 0.6) is 0 Å². The van der Waals surface area contributed by atoms with Gasteiger partial charge in [0, 0.05) is 12.2 Å². The van der Waals surface area contributed by atoms with Gasteiger partial charge in [-0.25, -0.2) is 0 Å². The lowest BCUT2D eigenvalue weighted by molar-refractivity contribution is -0.143. The van der Waals surface area contributed by atoms with Crippen LogP contribution in [0, 0.1) is 0 Å². The van der Waals surface area contributed by atoms with Crippen LogP contribution in [0.4, 0.5) is 45.2 Å². The van der Waals surface area contributed by atoms with E-state index in [9.17, 15) is 39.5 Å². The lowest BCUT2D eigenvalue weighted by Gasteiger charge is -2.16. The highest BCUT2D eigenvalue weighted by atomic mass is 32.1. The van der Waals surface area contributed by atoms with Crippen molar-refractivity contribution in [1.29, 1.82) is 0 Å². The van der Waals surface area contributed by atoms with E-state index in [4.69, 9.17) is 0 Å². The Bertz CT molecular complexity index is 557. The van der Waals surface area contributed by atoms with E-state index in [-0.39, 0.29) is 6.07 Å². The molecule has 0 saturated carbocycles. The van der Waals surface area contributed by atoms with Gasteiger partial charge in [0.05, 0.1) is 17.5 Å². The molecular formula is C12H9F9N2S. The number of rotatable bonds is 3. The maximum Gasteiger partial charge on any atom is 0.416 e. The second-order valence-electron chi connectivity index (χ2n) is 4.54. The molecule has 0 unspecified atom stereocenters. The number of alkyl halides is 9. The van der Waals surface area contributed by atoms with E-state index in [0.717, 1.165) is 0 Å². The summed E-state index contributed by atoms with van der Waals surface area (Å²) in [6.45, 7) is -0.680. The maximum atomic E-state index is 12.6. The minimum atomic E-state index is -5.04. The van der Waals surface area contributed by atoms with Crippen molar-refractivity contribution in [3.63, 3.8) is 0 Å². The highest BCUT2D eigenvalue weighted by molar-refractivity contribution is 7.80. The van der Waals surface area contributed by atoms with E-state index in [1.165, 1.54) is 0 Å². The van der Waals surface area contributed by atoms with Gasteiger partial charge >= 0.3 is 18.5 Å². The molecule has 0 spiro atoms. The SMILES string of the molecule is FC(F)(F)CCNC(=S)Nc1cc(C(F)(F)F)cc(C(F)(F)F)c1. The molecule has 24 heavy (non-hydrogen) atoms. The lowest BCUT2D eigenvalue weighted by atomic mass is 10.1. The minimum absolute atomic E-state index is 0.0781. The Morgan fingerprint density at radius 1 is 0.833 bits per heavy atom. The monoisotopic (exact) mass is 384 g/mol. The molecule has 12 heteroatoms. The van der Waals surface area contributed by atoms with E-state index in [0.29, 0.717) is 12.1 Å². The molecule has 1 rings (SSSR count). The summed E-state index contributed by atoms with van der Waals surface area (Å²) in [6.07, 6.45) is -15.8. The molecule has 136 valence electrons. The second kappa shape index (κ2) is 7.03. The van der Waals surface area contributed by atoms with Gasteiger partial charge in [0.15, 0.2) is 5.11 Å². The highest BCUT2D eigenvalue weighted by Gasteiger charge is 2.37. The molecule has 2 N–H and O–H groups in total. The van der Waals surface area contributed by atoms with Crippen LogP contribution in [0.3, 0.4) is 0 Å². The first-order valence-electron chi connectivity index (χ1n) is 6.09. The van der Waals surface area contributed by atoms with Crippen molar-refractivity contribution in [3.8, 4) is 0 Å². The molecule has 0 atom stereocenters. The van der Waals surface area contributed by atoms with Crippen molar-refractivity contribution in [2.75, 3.05) is 11.9 Å². The zero-order chi connectivity index (χ0) is 18.8. The topological polar surface area (TPSA) is 24.1 Å². The van der Waals surface area contributed by atoms with Crippen LogP contribution >= 0.6 is 12.2 Å². The van der Waals surface area contributed by atoms with Gasteiger partial charge in [-0.15, -0.1) is 0 Å². The van der Waals surface area contributed by atoms with E-state index >= 15 is 0 Å². The van der Waals surface area contributed by atoms with Gasteiger partial charge in [-0.2, -0.15) is 39.5 Å². The average molecular weight is 384 g/mol. The van der Waals surface area contributed by atoms with Crippen LogP contribution in [-0.2, 0) is 12.4 Å². The maximum absolute atomic E-state index is 12.6. The summed E-state index contributed by atoms with van der Waals surface area (Å²) in [4.78, 5) is 0. The summed E-state index contributed by atoms with van der Waals surface area (Å²) in [7, 11) is 0. The third kappa shape index (κ3) is 6.81. The zero-order valence-corrected chi connectivity index (χ0v) is 12.3. The van der Waals surface area contributed by atoms with Crippen LogP contribution in [0.1, 0.15) is 17.5 Å². The van der Waals surface area contributed by atoms with Gasteiger partial charge in [-0.1, -0.05) is 0 Å². The molecule has 0 aliphatic heterocycles. The molecule has 0 radical (unpaired) electrons. The normalized spacial score (nSPS) is 12.9. The van der Waals surface area contributed by atoms with Crippen molar-refractivity contribution in [2.45, 2.75) is 24.9 Å². The van der Waals surface area contributed by atoms with Crippen molar-refractivity contribution in [3.05, 3.63) is 29.3 Å². The molecular weight excluding hydrogens is 375 g/mol. The first-order valence-corrected chi connectivity index (χ1v) is 6.50. The largest absolute Gasteiger partial charge is 0.416 e. The quantitative estimate of drug-likeness (QED) is 0.569. The number of hydrogen-bond donors (Lipinski definition) is 2. The van der Waals surface area contributed by atoms with E-state index in [2.05, 4.69) is 12.2 Å². The molecule has 0 heterocycles. The number of hydrogen-bond acceptors (Lipinski definition) is 1. The Morgan fingerprint density at radius 3 is 1.67 bits per heavy atom. The Kier molecular flexibility index (Phi) is 5.95. The van der Waals surface area contributed by atoms with Gasteiger partial charge in [-0.05, 0) is 30.4 Å².